The van der Waals surface area contributed by atoms with Gasteiger partial charge in [-0.1, -0.05) is 50.1 Å². The zero-order valence-corrected chi connectivity index (χ0v) is 13.1. The molecular formula is C18H30N2. The van der Waals surface area contributed by atoms with E-state index in [1.54, 1.807) is 0 Å². The molecular weight excluding hydrogens is 244 g/mol. The molecule has 1 N–H and O–H groups in total. The summed E-state index contributed by atoms with van der Waals surface area (Å²) >= 11 is 0. The molecule has 0 aromatic heterocycles. The van der Waals surface area contributed by atoms with Crippen LogP contribution in [0.25, 0.3) is 0 Å². The van der Waals surface area contributed by atoms with Crippen molar-refractivity contribution in [2.24, 2.45) is 5.92 Å². The van der Waals surface area contributed by atoms with Crippen LogP contribution in [0.1, 0.15) is 38.2 Å². The SMILES string of the molecule is CCNC(CN(C)CCc1ccccc1)C1CCCC1. The molecule has 1 aromatic carbocycles. The molecule has 1 atom stereocenters. The largest absolute Gasteiger partial charge is 0.313 e. The number of nitrogens with one attached hydrogen (secondary N) is 1. The molecule has 0 aliphatic heterocycles. The lowest BCUT2D eigenvalue weighted by Gasteiger charge is -2.29. The summed E-state index contributed by atoms with van der Waals surface area (Å²) in [4.78, 5) is 2.50. The van der Waals surface area contributed by atoms with Crippen molar-refractivity contribution in [1.82, 2.24) is 10.2 Å². The number of likely N-dealkylation sites (N-methyl/N-ethyl adjacent to an activating group) is 2. The first-order valence-corrected chi connectivity index (χ1v) is 8.25. The Kier molecular flexibility index (Phi) is 6.55. The van der Waals surface area contributed by atoms with E-state index >= 15 is 0 Å². The van der Waals surface area contributed by atoms with E-state index in [0.717, 1.165) is 25.4 Å². The zero-order valence-electron chi connectivity index (χ0n) is 13.1. The molecule has 0 spiro atoms. The third-order valence-corrected chi connectivity index (χ3v) is 4.57. The molecule has 0 amide bonds. The maximum Gasteiger partial charge on any atom is 0.0222 e. The molecule has 2 heteroatoms. The van der Waals surface area contributed by atoms with Crippen LogP contribution >= 0.6 is 0 Å². The van der Waals surface area contributed by atoms with Crippen molar-refractivity contribution >= 4 is 0 Å². The number of rotatable bonds is 8. The Morgan fingerprint density at radius 1 is 1.20 bits per heavy atom. The Balaban J connectivity index is 1.77. The van der Waals surface area contributed by atoms with Crippen LogP contribution in [-0.4, -0.2) is 37.6 Å². The maximum absolute atomic E-state index is 3.71. The van der Waals surface area contributed by atoms with Gasteiger partial charge in [0.15, 0.2) is 0 Å². The Morgan fingerprint density at radius 3 is 2.55 bits per heavy atom. The van der Waals surface area contributed by atoms with E-state index in [2.05, 4.69) is 54.5 Å². The summed E-state index contributed by atoms with van der Waals surface area (Å²) in [5.41, 5.74) is 1.44. The van der Waals surface area contributed by atoms with Gasteiger partial charge in [-0.25, -0.2) is 0 Å². The number of hydrogen-bond acceptors (Lipinski definition) is 2. The third-order valence-electron chi connectivity index (χ3n) is 4.57. The molecule has 1 aromatic rings. The summed E-state index contributed by atoms with van der Waals surface area (Å²) in [5, 5.41) is 3.71. The minimum atomic E-state index is 0.684. The van der Waals surface area contributed by atoms with Crippen LogP contribution in [0.15, 0.2) is 30.3 Å². The van der Waals surface area contributed by atoms with Crippen molar-refractivity contribution in [2.75, 3.05) is 26.7 Å². The van der Waals surface area contributed by atoms with E-state index < -0.39 is 0 Å². The van der Waals surface area contributed by atoms with Gasteiger partial charge in [0.1, 0.15) is 0 Å². The molecule has 0 radical (unpaired) electrons. The van der Waals surface area contributed by atoms with Gasteiger partial charge in [0.2, 0.25) is 0 Å². The van der Waals surface area contributed by atoms with E-state index in [1.165, 1.54) is 37.8 Å². The molecule has 1 fully saturated rings. The third kappa shape index (κ3) is 4.92. The van der Waals surface area contributed by atoms with E-state index in [1.807, 2.05) is 0 Å². The summed E-state index contributed by atoms with van der Waals surface area (Å²) < 4.78 is 0. The molecule has 0 saturated heterocycles. The summed E-state index contributed by atoms with van der Waals surface area (Å²) in [6, 6.07) is 11.5. The molecule has 0 bridgehead atoms. The lowest BCUT2D eigenvalue weighted by Crippen LogP contribution is -2.44. The molecule has 2 rings (SSSR count). The van der Waals surface area contributed by atoms with E-state index in [4.69, 9.17) is 0 Å². The predicted molar refractivity (Wildman–Crippen MR) is 87.1 cm³/mol. The van der Waals surface area contributed by atoms with Gasteiger partial charge in [-0.05, 0) is 44.3 Å². The number of hydrogen-bond donors (Lipinski definition) is 1. The van der Waals surface area contributed by atoms with Crippen LogP contribution in [0, 0.1) is 5.92 Å². The fraction of sp³-hybridized carbons (Fsp3) is 0.667. The topological polar surface area (TPSA) is 15.3 Å². The smallest absolute Gasteiger partial charge is 0.0222 e. The highest BCUT2D eigenvalue weighted by molar-refractivity contribution is 5.14. The molecule has 1 saturated carbocycles. The molecule has 2 nitrogen and oxygen atoms in total. The summed E-state index contributed by atoms with van der Waals surface area (Å²) in [6.07, 6.45) is 6.86. The van der Waals surface area contributed by atoms with Gasteiger partial charge in [0, 0.05) is 19.1 Å². The van der Waals surface area contributed by atoms with E-state index in [-0.39, 0.29) is 0 Å². The second-order valence-electron chi connectivity index (χ2n) is 6.21. The molecule has 1 unspecified atom stereocenters. The van der Waals surface area contributed by atoms with Crippen LogP contribution in [0.4, 0.5) is 0 Å². The first kappa shape index (κ1) is 15.5. The maximum atomic E-state index is 3.71. The summed E-state index contributed by atoms with van der Waals surface area (Å²) in [5.74, 6) is 0.897. The standard InChI is InChI=1S/C18H30N2/c1-3-19-18(17-11-7-8-12-17)15-20(2)14-13-16-9-5-4-6-10-16/h4-6,9-10,17-19H,3,7-8,11-15H2,1-2H3. The second kappa shape index (κ2) is 8.43. The van der Waals surface area contributed by atoms with Crippen molar-refractivity contribution < 1.29 is 0 Å². The molecule has 1 aliphatic carbocycles. The monoisotopic (exact) mass is 274 g/mol. The Morgan fingerprint density at radius 2 is 1.90 bits per heavy atom. The Labute approximate surface area is 124 Å². The highest BCUT2D eigenvalue weighted by Gasteiger charge is 2.25. The van der Waals surface area contributed by atoms with Crippen molar-refractivity contribution in [3.63, 3.8) is 0 Å². The van der Waals surface area contributed by atoms with Crippen molar-refractivity contribution in [3.05, 3.63) is 35.9 Å². The van der Waals surface area contributed by atoms with Crippen LogP contribution in [0.3, 0.4) is 0 Å². The number of benzene rings is 1. The highest BCUT2D eigenvalue weighted by Crippen LogP contribution is 2.28. The van der Waals surface area contributed by atoms with Crippen LogP contribution in [-0.2, 0) is 6.42 Å². The van der Waals surface area contributed by atoms with Crippen LogP contribution < -0.4 is 5.32 Å². The first-order valence-electron chi connectivity index (χ1n) is 8.25. The fourth-order valence-corrected chi connectivity index (χ4v) is 3.39. The van der Waals surface area contributed by atoms with E-state index in [0.29, 0.717) is 6.04 Å². The van der Waals surface area contributed by atoms with Gasteiger partial charge >= 0.3 is 0 Å². The quantitative estimate of drug-likeness (QED) is 0.782. The molecule has 20 heavy (non-hydrogen) atoms. The van der Waals surface area contributed by atoms with Gasteiger partial charge in [0.05, 0.1) is 0 Å². The van der Waals surface area contributed by atoms with Gasteiger partial charge in [-0.2, -0.15) is 0 Å². The fourth-order valence-electron chi connectivity index (χ4n) is 3.39. The zero-order chi connectivity index (χ0) is 14.2. The van der Waals surface area contributed by atoms with Gasteiger partial charge in [-0.15, -0.1) is 0 Å². The highest BCUT2D eigenvalue weighted by atomic mass is 15.1. The molecule has 1 aliphatic rings. The van der Waals surface area contributed by atoms with Crippen molar-refractivity contribution in [1.29, 1.82) is 0 Å². The average Bonchev–Trinajstić information content (AvgIpc) is 3.00. The van der Waals surface area contributed by atoms with E-state index in [9.17, 15) is 0 Å². The van der Waals surface area contributed by atoms with Gasteiger partial charge < -0.3 is 10.2 Å². The Bertz CT molecular complexity index is 357. The lowest BCUT2D eigenvalue weighted by atomic mass is 9.97. The number of nitrogens with zero attached hydrogens (tertiary/aromatic N) is 1. The van der Waals surface area contributed by atoms with Crippen LogP contribution in [0.5, 0.6) is 0 Å². The first-order chi connectivity index (χ1) is 9.79. The molecule has 112 valence electrons. The van der Waals surface area contributed by atoms with Crippen LogP contribution in [0.2, 0.25) is 0 Å². The van der Waals surface area contributed by atoms with Gasteiger partial charge in [0.25, 0.3) is 0 Å². The summed E-state index contributed by atoms with van der Waals surface area (Å²) in [6.45, 7) is 5.66. The Hall–Kier alpha value is -0.860. The van der Waals surface area contributed by atoms with Crippen molar-refractivity contribution in [3.8, 4) is 0 Å². The van der Waals surface area contributed by atoms with Gasteiger partial charge in [-0.3, -0.25) is 0 Å². The minimum absolute atomic E-state index is 0.684. The summed E-state index contributed by atoms with van der Waals surface area (Å²) in [7, 11) is 2.27. The van der Waals surface area contributed by atoms with Crippen molar-refractivity contribution in [2.45, 2.75) is 45.1 Å². The normalized spacial score (nSPS) is 17.8. The second-order valence-corrected chi connectivity index (χ2v) is 6.21. The molecule has 0 heterocycles. The average molecular weight is 274 g/mol. The minimum Gasteiger partial charge on any atom is -0.313 e. The predicted octanol–water partition coefficient (Wildman–Crippen LogP) is 3.33. The lowest BCUT2D eigenvalue weighted by molar-refractivity contribution is 0.244.